The van der Waals surface area contributed by atoms with Gasteiger partial charge in [-0.1, -0.05) is 56.4 Å². The maximum absolute atomic E-state index is 15.1. The van der Waals surface area contributed by atoms with Crippen LogP contribution in [0.2, 0.25) is 0 Å². The number of hydrogen-bond donors (Lipinski definition) is 0. The lowest BCUT2D eigenvalue weighted by molar-refractivity contribution is -0.189. The Kier molecular flexibility index (Phi) is 11.2. The lowest BCUT2D eigenvalue weighted by Gasteiger charge is -2.29. The molecule has 1 saturated carbocycles. The third-order valence-corrected chi connectivity index (χ3v) is 8.83. The molecule has 4 aromatic carbocycles. The van der Waals surface area contributed by atoms with Gasteiger partial charge in [0.1, 0.15) is 40.4 Å². The predicted molar refractivity (Wildman–Crippen MR) is 169 cm³/mol. The molecule has 1 fully saturated rings. The van der Waals surface area contributed by atoms with E-state index < -0.39 is 80.4 Å². The van der Waals surface area contributed by atoms with Gasteiger partial charge < -0.3 is 4.74 Å². The van der Waals surface area contributed by atoms with Crippen LogP contribution < -0.4 is 4.74 Å². The molecule has 0 unspecified atom stereocenters. The Bertz CT molecular complexity index is 2030. The van der Waals surface area contributed by atoms with E-state index in [9.17, 15) is 39.5 Å². The Morgan fingerprint density at radius 1 is 0.706 bits per heavy atom. The molecule has 0 heterocycles. The third kappa shape index (κ3) is 8.97. The molecule has 4 aromatic rings. The van der Waals surface area contributed by atoms with E-state index in [2.05, 4.69) is 23.5 Å². The highest BCUT2D eigenvalue weighted by Crippen LogP contribution is 2.39. The minimum atomic E-state index is -5.12. The normalized spacial score (nSPS) is 16.3. The smallest absolute Gasteiger partial charge is 0.429 e. The van der Waals surface area contributed by atoms with E-state index in [-0.39, 0.29) is 17.5 Å². The molecule has 0 aliphatic heterocycles. The number of hydrogen-bond acceptors (Lipinski definition) is 1. The van der Waals surface area contributed by atoms with Crippen LogP contribution in [0.1, 0.15) is 92.0 Å². The van der Waals surface area contributed by atoms with Crippen molar-refractivity contribution < 1.29 is 53.0 Å². The summed E-state index contributed by atoms with van der Waals surface area (Å²) in [7, 11) is 0. The van der Waals surface area contributed by atoms with Gasteiger partial charge in [0.15, 0.2) is 5.82 Å². The second kappa shape index (κ2) is 15.3. The SMILES string of the molecule is CCCCCC1CCC(c2ccc(C#Cc3cc(F)c(C(F)(F)Oc4cc(F)c5c(F)c(C#CC(F)(F)F)c(F)cc5c4)c(F)c3)c(F)c2)CC1. The molecule has 0 N–H and O–H groups in total. The zero-order valence-electron chi connectivity index (χ0n) is 27.0. The minimum Gasteiger partial charge on any atom is -0.429 e. The molecule has 268 valence electrons. The van der Waals surface area contributed by atoms with Crippen molar-refractivity contribution >= 4 is 10.8 Å². The van der Waals surface area contributed by atoms with Gasteiger partial charge in [0.2, 0.25) is 0 Å². The number of ether oxygens (including phenoxy) is 1. The molecule has 0 spiro atoms. The minimum absolute atomic E-state index is 0.0729. The molecule has 51 heavy (non-hydrogen) atoms. The lowest BCUT2D eigenvalue weighted by atomic mass is 9.77. The summed E-state index contributed by atoms with van der Waals surface area (Å²) in [6, 6.07) is 6.50. The Morgan fingerprint density at radius 3 is 2.02 bits per heavy atom. The van der Waals surface area contributed by atoms with Crippen molar-refractivity contribution in [2.45, 2.75) is 76.5 Å². The summed E-state index contributed by atoms with van der Waals surface area (Å²) in [6.07, 6.45) is -1.12. The van der Waals surface area contributed by atoms with Gasteiger partial charge in [-0.05, 0) is 84.9 Å². The van der Waals surface area contributed by atoms with E-state index in [1.807, 2.05) is 0 Å². The van der Waals surface area contributed by atoms with Gasteiger partial charge in [0, 0.05) is 17.6 Å². The van der Waals surface area contributed by atoms with Crippen LogP contribution in [0.5, 0.6) is 5.75 Å². The van der Waals surface area contributed by atoms with E-state index in [4.69, 9.17) is 0 Å². The van der Waals surface area contributed by atoms with Crippen LogP contribution in [-0.4, -0.2) is 6.18 Å². The van der Waals surface area contributed by atoms with Crippen molar-refractivity contribution in [3.63, 3.8) is 0 Å². The molecular formula is C39H29F11O. The molecule has 1 nitrogen and oxygen atoms in total. The lowest BCUT2D eigenvalue weighted by Crippen LogP contribution is -2.25. The highest BCUT2D eigenvalue weighted by Gasteiger charge is 2.41. The Labute approximate surface area is 286 Å². The summed E-state index contributed by atoms with van der Waals surface area (Å²) >= 11 is 0. The second-order valence-electron chi connectivity index (χ2n) is 12.4. The predicted octanol–water partition coefficient (Wildman–Crippen LogP) is 12.0. The van der Waals surface area contributed by atoms with Crippen LogP contribution in [0.3, 0.4) is 0 Å². The summed E-state index contributed by atoms with van der Waals surface area (Å²) in [4.78, 5) is 0. The zero-order chi connectivity index (χ0) is 37.1. The maximum atomic E-state index is 15.1. The van der Waals surface area contributed by atoms with E-state index >= 15 is 8.78 Å². The fourth-order valence-corrected chi connectivity index (χ4v) is 6.31. The van der Waals surface area contributed by atoms with Gasteiger partial charge in [-0.15, -0.1) is 0 Å². The molecule has 1 aliphatic rings. The summed E-state index contributed by atoms with van der Waals surface area (Å²) < 4.78 is 160. The van der Waals surface area contributed by atoms with Crippen LogP contribution >= 0.6 is 0 Å². The fraction of sp³-hybridized carbons (Fsp3) is 0.333. The highest BCUT2D eigenvalue weighted by molar-refractivity contribution is 5.87. The number of fused-ring (bicyclic) bond motifs is 1. The van der Waals surface area contributed by atoms with Gasteiger partial charge in [0.25, 0.3) is 0 Å². The first-order valence-corrected chi connectivity index (χ1v) is 16.1. The highest BCUT2D eigenvalue weighted by atomic mass is 19.4. The van der Waals surface area contributed by atoms with Crippen LogP contribution in [0.15, 0.2) is 48.5 Å². The van der Waals surface area contributed by atoms with Gasteiger partial charge in [0.05, 0.1) is 16.5 Å². The molecule has 5 rings (SSSR count). The molecule has 0 atom stereocenters. The number of alkyl halides is 5. The quantitative estimate of drug-likeness (QED) is 0.1000. The summed E-state index contributed by atoms with van der Waals surface area (Å²) in [5.74, 6) is -3.03. The average molecular weight is 723 g/mol. The topological polar surface area (TPSA) is 9.23 Å². The number of benzene rings is 4. The van der Waals surface area contributed by atoms with Gasteiger partial charge in [-0.3, -0.25) is 0 Å². The first kappa shape index (κ1) is 37.5. The van der Waals surface area contributed by atoms with Gasteiger partial charge in [-0.2, -0.15) is 22.0 Å². The van der Waals surface area contributed by atoms with E-state index in [1.165, 1.54) is 43.7 Å². The molecule has 0 aromatic heterocycles. The summed E-state index contributed by atoms with van der Waals surface area (Å²) in [5, 5.41) is -1.85. The largest absolute Gasteiger partial charge is 0.458 e. The molecule has 0 saturated heterocycles. The van der Waals surface area contributed by atoms with Crippen molar-refractivity contribution in [1.29, 1.82) is 0 Å². The molecule has 1 aliphatic carbocycles. The first-order chi connectivity index (χ1) is 24.1. The van der Waals surface area contributed by atoms with Crippen LogP contribution in [0.25, 0.3) is 10.8 Å². The molecule has 0 bridgehead atoms. The van der Waals surface area contributed by atoms with Crippen LogP contribution in [-0.2, 0) is 6.11 Å². The maximum Gasteiger partial charge on any atom is 0.458 e. The van der Waals surface area contributed by atoms with Crippen molar-refractivity contribution in [1.82, 2.24) is 0 Å². The number of rotatable bonds is 8. The van der Waals surface area contributed by atoms with Crippen LogP contribution in [0.4, 0.5) is 48.3 Å². The molecular weight excluding hydrogens is 693 g/mol. The summed E-state index contributed by atoms with van der Waals surface area (Å²) in [6.45, 7) is 2.16. The van der Waals surface area contributed by atoms with Crippen molar-refractivity contribution in [2.24, 2.45) is 5.92 Å². The zero-order valence-corrected chi connectivity index (χ0v) is 27.0. The van der Waals surface area contributed by atoms with Crippen molar-refractivity contribution in [3.8, 4) is 29.4 Å². The second-order valence-corrected chi connectivity index (χ2v) is 12.4. The Balaban J connectivity index is 1.32. The molecule has 12 heteroatoms. The Hall–Kier alpha value is -4.71. The Morgan fingerprint density at radius 2 is 1.39 bits per heavy atom. The van der Waals surface area contributed by atoms with Crippen molar-refractivity contribution in [3.05, 3.63) is 111 Å². The summed E-state index contributed by atoms with van der Waals surface area (Å²) in [5.41, 5.74) is -2.98. The fourth-order valence-electron chi connectivity index (χ4n) is 6.31. The monoisotopic (exact) mass is 722 g/mol. The van der Waals surface area contributed by atoms with Crippen LogP contribution in [0, 0.1) is 64.5 Å². The average Bonchev–Trinajstić information content (AvgIpc) is 3.03. The number of halogens is 11. The van der Waals surface area contributed by atoms with E-state index in [0.29, 0.717) is 36.1 Å². The first-order valence-electron chi connectivity index (χ1n) is 16.1. The van der Waals surface area contributed by atoms with Gasteiger partial charge >= 0.3 is 12.3 Å². The van der Waals surface area contributed by atoms with E-state index in [1.54, 1.807) is 6.07 Å². The van der Waals surface area contributed by atoms with E-state index in [0.717, 1.165) is 31.2 Å². The molecule has 0 amide bonds. The van der Waals surface area contributed by atoms with Crippen molar-refractivity contribution in [2.75, 3.05) is 0 Å². The number of unbranched alkanes of at least 4 members (excludes halogenated alkanes) is 2. The van der Waals surface area contributed by atoms with Gasteiger partial charge in [-0.25, -0.2) is 26.3 Å². The standard InChI is InChI=1S/C39H29F11O/c1-2-3-4-5-22-6-9-24(10-7-22)26-13-12-25(30(40)19-26)11-8-23-16-33(43)36(34(44)17-23)39(49,50)51-28-18-27-20-31(41)29(14-15-38(46,47)48)37(45)35(27)32(42)21-28/h12-13,16-22,24H,2-7,9-10H2,1H3. The molecule has 0 radical (unpaired) electrons. The third-order valence-electron chi connectivity index (χ3n) is 8.83.